The number of anilines is 1. The number of amides is 2. The molecule has 1 heterocycles. The number of nitrogens with one attached hydrogen (secondary N) is 1. The zero-order chi connectivity index (χ0) is 19.3. The van der Waals surface area contributed by atoms with Gasteiger partial charge in [0.1, 0.15) is 0 Å². The Hall–Kier alpha value is -2.56. The van der Waals surface area contributed by atoms with Gasteiger partial charge in [-0.3, -0.25) is 4.90 Å². The molecular formula is C23H24ClN3O. The fourth-order valence-electron chi connectivity index (χ4n) is 3.74. The topological polar surface area (TPSA) is 35.6 Å². The van der Waals surface area contributed by atoms with Crippen LogP contribution in [0.15, 0.2) is 66.7 Å². The van der Waals surface area contributed by atoms with Crippen LogP contribution < -0.4 is 5.32 Å². The van der Waals surface area contributed by atoms with Gasteiger partial charge in [-0.05, 0) is 47.0 Å². The highest BCUT2D eigenvalue weighted by Gasteiger charge is 2.19. The summed E-state index contributed by atoms with van der Waals surface area (Å²) in [5, 5.41) is 6.22. The Balaban J connectivity index is 1.38. The first-order chi connectivity index (χ1) is 13.7. The van der Waals surface area contributed by atoms with Crippen LogP contribution in [0, 0.1) is 0 Å². The van der Waals surface area contributed by atoms with Crippen molar-refractivity contribution >= 4 is 34.1 Å². The molecule has 0 aromatic heterocycles. The lowest BCUT2D eigenvalue weighted by molar-refractivity contribution is 0.211. The maximum Gasteiger partial charge on any atom is 0.321 e. The first-order valence-corrected chi connectivity index (χ1v) is 10.1. The van der Waals surface area contributed by atoms with Gasteiger partial charge in [0, 0.05) is 43.4 Å². The van der Waals surface area contributed by atoms with Crippen LogP contribution in [-0.2, 0) is 6.54 Å². The minimum absolute atomic E-state index is 0.0469. The average Bonchev–Trinajstić information content (AvgIpc) is 2.96. The van der Waals surface area contributed by atoms with E-state index in [4.69, 9.17) is 11.6 Å². The molecule has 1 fully saturated rings. The number of carbonyl (C=O) groups excluding carboxylic acids is 1. The summed E-state index contributed by atoms with van der Waals surface area (Å²) in [6.45, 7) is 4.27. The zero-order valence-electron chi connectivity index (χ0n) is 15.8. The average molecular weight is 394 g/mol. The van der Waals surface area contributed by atoms with Crippen molar-refractivity contribution in [3.8, 4) is 0 Å². The Bertz CT molecular complexity index is 952. The van der Waals surface area contributed by atoms with E-state index < -0.39 is 0 Å². The summed E-state index contributed by atoms with van der Waals surface area (Å²) in [6, 6.07) is 22.2. The normalized spacial score (nSPS) is 15.4. The first-order valence-electron chi connectivity index (χ1n) is 9.69. The smallest absolute Gasteiger partial charge is 0.321 e. The number of benzene rings is 3. The monoisotopic (exact) mass is 393 g/mol. The maximum absolute atomic E-state index is 12.6. The van der Waals surface area contributed by atoms with Crippen molar-refractivity contribution in [2.75, 3.05) is 31.5 Å². The quantitative estimate of drug-likeness (QED) is 0.661. The lowest BCUT2D eigenvalue weighted by Crippen LogP contribution is -2.38. The standard InChI is InChI=1S/C23H24ClN3O/c24-20-9-11-21(12-10-20)25-23(28)27-14-4-13-26(15-16-27)17-19-7-3-6-18-5-1-2-8-22(18)19/h1-3,5-12H,4,13-17H2,(H,25,28). The number of halogens is 1. The predicted molar refractivity (Wildman–Crippen MR) is 116 cm³/mol. The molecule has 1 saturated heterocycles. The molecule has 0 unspecified atom stereocenters. The van der Waals surface area contributed by atoms with E-state index in [1.807, 2.05) is 17.0 Å². The molecule has 5 heteroatoms. The van der Waals surface area contributed by atoms with E-state index in [1.54, 1.807) is 12.1 Å². The van der Waals surface area contributed by atoms with Crippen LogP contribution in [0.5, 0.6) is 0 Å². The number of hydrogen-bond donors (Lipinski definition) is 1. The van der Waals surface area contributed by atoms with Crippen molar-refractivity contribution in [3.05, 3.63) is 77.3 Å². The second-order valence-corrected chi connectivity index (χ2v) is 7.63. The van der Waals surface area contributed by atoms with Gasteiger partial charge in [-0.1, -0.05) is 54.1 Å². The van der Waals surface area contributed by atoms with Gasteiger partial charge in [-0.2, -0.15) is 0 Å². The van der Waals surface area contributed by atoms with Gasteiger partial charge in [0.05, 0.1) is 0 Å². The van der Waals surface area contributed by atoms with Gasteiger partial charge in [0.15, 0.2) is 0 Å². The van der Waals surface area contributed by atoms with E-state index in [1.165, 1.54) is 16.3 Å². The molecule has 4 nitrogen and oxygen atoms in total. The molecule has 0 atom stereocenters. The minimum Gasteiger partial charge on any atom is -0.323 e. The van der Waals surface area contributed by atoms with E-state index in [2.05, 4.69) is 52.7 Å². The highest BCUT2D eigenvalue weighted by molar-refractivity contribution is 6.30. The summed E-state index contributed by atoms with van der Waals surface area (Å²) in [6.07, 6.45) is 0.971. The van der Waals surface area contributed by atoms with Crippen LogP contribution in [0.3, 0.4) is 0 Å². The number of hydrogen-bond acceptors (Lipinski definition) is 2. The molecule has 1 N–H and O–H groups in total. The molecule has 0 bridgehead atoms. The lowest BCUT2D eigenvalue weighted by atomic mass is 10.0. The molecule has 1 aliphatic rings. The van der Waals surface area contributed by atoms with Crippen LogP contribution in [0.1, 0.15) is 12.0 Å². The van der Waals surface area contributed by atoms with Crippen LogP contribution in [-0.4, -0.2) is 42.0 Å². The minimum atomic E-state index is -0.0469. The third-order valence-electron chi connectivity index (χ3n) is 5.25. The van der Waals surface area contributed by atoms with Crippen LogP contribution in [0.2, 0.25) is 5.02 Å². The third kappa shape index (κ3) is 4.46. The van der Waals surface area contributed by atoms with Crippen molar-refractivity contribution in [1.29, 1.82) is 0 Å². The SMILES string of the molecule is O=C(Nc1ccc(Cl)cc1)N1CCCN(Cc2cccc3ccccc23)CC1. The van der Waals surface area contributed by atoms with Crippen LogP contribution >= 0.6 is 11.6 Å². The van der Waals surface area contributed by atoms with Crippen LogP contribution in [0.4, 0.5) is 10.5 Å². The van der Waals surface area contributed by atoms with E-state index >= 15 is 0 Å². The van der Waals surface area contributed by atoms with Gasteiger partial charge < -0.3 is 10.2 Å². The highest BCUT2D eigenvalue weighted by Crippen LogP contribution is 2.21. The van der Waals surface area contributed by atoms with Crippen molar-refractivity contribution in [2.24, 2.45) is 0 Å². The van der Waals surface area contributed by atoms with Crippen molar-refractivity contribution in [3.63, 3.8) is 0 Å². The van der Waals surface area contributed by atoms with Gasteiger partial charge in [-0.25, -0.2) is 4.79 Å². The molecule has 0 radical (unpaired) electrons. The second kappa shape index (κ2) is 8.63. The number of rotatable bonds is 3. The Morgan fingerprint density at radius 1 is 0.893 bits per heavy atom. The molecule has 2 amide bonds. The zero-order valence-corrected chi connectivity index (χ0v) is 16.5. The van der Waals surface area contributed by atoms with E-state index in [0.29, 0.717) is 5.02 Å². The Morgan fingerprint density at radius 2 is 1.68 bits per heavy atom. The Morgan fingerprint density at radius 3 is 2.54 bits per heavy atom. The summed E-state index contributed by atoms with van der Waals surface area (Å²) >= 11 is 5.91. The number of carbonyl (C=O) groups is 1. The van der Waals surface area contributed by atoms with E-state index in [0.717, 1.165) is 44.8 Å². The summed E-state index contributed by atoms with van der Waals surface area (Å²) in [7, 11) is 0. The lowest BCUT2D eigenvalue weighted by Gasteiger charge is -2.23. The molecule has 0 spiro atoms. The molecular weight excluding hydrogens is 370 g/mol. The van der Waals surface area contributed by atoms with Crippen molar-refractivity contribution in [1.82, 2.24) is 9.80 Å². The van der Waals surface area contributed by atoms with Crippen molar-refractivity contribution in [2.45, 2.75) is 13.0 Å². The number of nitrogens with zero attached hydrogens (tertiary/aromatic N) is 2. The van der Waals surface area contributed by atoms with Gasteiger partial charge in [0.2, 0.25) is 0 Å². The third-order valence-corrected chi connectivity index (χ3v) is 5.50. The number of fused-ring (bicyclic) bond motifs is 1. The molecule has 4 rings (SSSR count). The fraction of sp³-hybridized carbons (Fsp3) is 0.261. The maximum atomic E-state index is 12.6. The van der Waals surface area contributed by atoms with E-state index in [-0.39, 0.29) is 6.03 Å². The first kappa shape index (κ1) is 18.8. The summed E-state index contributed by atoms with van der Waals surface area (Å²) in [5.41, 5.74) is 2.11. The molecule has 0 aliphatic carbocycles. The second-order valence-electron chi connectivity index (χ2n) is 7.19. The Kier molecular flexibility index (Phi) is 5.79. The van der Waals surface area contributed by atoms with Crippen molar-refractivity contribution < 1.29 is 4.79 Å². The molecule has 3 aromatic rings. The summed E-state index contributed by atoms with van der Waals surface area (Å²) < 4.78 is 0. The van der Waals surface area contributed by atoms with Gasteiger partial charge in [0.25, 0.3) is 0 Å². The molecule has 0 saturated carbocycles. The molecule has 144 valence electrons. The Labute approximate surface area is 170 Å². The molecule has 1 aliphatic heterocycles. The fourth-order valence-corrected chi connectivity index (χ4v) is 3.87. The highest BCUT2D eigenvalue weighted by atomic mass is 35.5. The largest absolute Gasteiger partial charge is 0.323 e. The summed E-state index contributed by atoms with van der Waals surface area (Å²) in [4.78, 5) is 17.0. The van der Waals surface area contributed by atoms with Crippen LogP contribution in [0.25, 0.3) is 10.8 Å². The number of urea groups is 1. The predicted octanol–water partition coefficient (Wildman–Crippen LogP) is 5.23. The molecule has 3 aromatic carbocycles. The summed E-state index contributed by atoms with van der Waals surface area (Å²) in [5.74, 6) is 0. The van der Waals surface area contributed by atoms with Gasteiger partial charge >= 0.3 is 6.03 Å². The van der Waals surface area contributed by atoms with Gasteiger partial charge in [-0.15, -0.1) is 0 Å². The van der Waals surface area contributed by atoms with E-state index in [9.17, 15) is 4.79 Å². The molecule has 28 heavy (non-hydrogen) atoms.